The predicted molar refractivity (Wildman–Crippen MR) is 50.1 cm³/mol. The van der Waals surface area contributed by atoms with Crippen molar-refractivity contribution in [2.45, 2.75) is 31.9 Å². The normalized spacial score (nSPS) is 27.2. The summed E-state index contributed by atoms with van der Waals surface area (Å²) in [5.41, 5.74) is -0.0440. The van der Waals surface area contributed by atoms with E-state index in [-0.39, 0.29) is 11.6 Å². The van der Waals surface area contributed by atoms with Gasteiger partial charge in [-0.3, -0.25) is 0 Å². The van der Waals surface area contributed by atoms with Gasteiger partial charge in [0.2, 0.25) is 0 Å². The topological polar surface area (TPSA) is 35.8 Å². The van der Waals surface area contributed by atoms with E-state index in [4.69, 9.17) is 0 Å². The Morgan fingerprint density at radius 3 is 2.58 bits per heavy atom. The zero-order valence-corrected chi connectivity index (χ0v) is 7.75. The van der Waals surface area contributed by atoms with Crippen LogP contribution in [-0.2, 0) is 0 Å². The van der Waals surface area contributed by atoms with Crippen molar-refractivity contribution >= 4 is 6.72 Å². The van der Waals surface area contributed by atoms with Crippen molar-refractivity contribution < 1.29 is 5.11 Å². The van der Waals surface area contributed by atoms with Crippen LogP contribution >= 0.6 is 0 Å². The molecule has 12 heavy (non-hydrogen) atoms. The lowest BCUT2D eigenvalue weighted by atomic mass is 10.0. The standard InChI is InChI=1S/C9H16N2O/c1-7(10-4)11-6-8(12)5-9(11,2)3/h8,12H,1,4-6H2,2-3H3. The minimum absolute atomic E-state index is 0.0440. The lowest BCUT2D eigenvalue weighted by molar-refractivity contribution is 0.183. The van der Waals surface area contributed by atoms with E-state index in [1.54, 1.807) is 0 Å². The van der Waals surface area contributed by atoms with Crippen LogP contribution in [0.4, 0.5) is 0 Å². The maximum absolute atomic E-state index is 9.43. The first-order chi connectivity index (χ1) is 5.47. The predicted octanol–water partition coefficient (Wildman–Crippen LogP) is 1.00. The summed E-state index contributed by atoms with van der Waals surface area (Å²) in [5, 5.41) is 9.43. The Bertz CT molecular complexity index is 211. The number of rotatable bonds is 2. The number of aliphatic hydroxyl groups is 1. The van der Waals surface area contributed by atoms with Crippen LogP contribution in [0.15, 0.2) is 17.4 Å². The number of likely N-dealkylation sites (tertiary alicyclic amines) is 1. The first-order valence-electron chi connectivity index (χ1n) is 4.09. The summed E-state index contributed by atoms with van der Waals surface area (Å²) in [6.45, 7) is 11.9. The van der Waals surface area contributed by atoms with E-state index < -0.39 is 0 Å². The van der Waals surface area contributed by atoms with Gasteiger partial charge in [0.05, 0.1) is 6.10 Å². The molecule has 1 saturated heterocycles. The average molecular weight is 168 g/mol. The summed E-state index contributed by atoms with van der Waals surface area (Å²) in [5.74, 6) is 0.650. The fourth-order valence-corrected chi connectivity index (χ4v) is 1.75. The van der Waals surface area contributed by atoms with Crippen LogP contribution in [0, 0.1) is 0 Å². The molecule has 0 saturated carbocycles. The largest absolute Gasteiger partial charge is 0.391 e. The summed E-state index contributed by atoms with van der Waals surface area (Å²) in [7, 11) is 0. The molecule has 0 aromatic carbocycles. The molecule has 1 rings (SSSR count). The first-order valence-corrected chi connectivity index (χ1v) is 4.09. The van der Waals surface area contributed by atoms with E-state index in [9.17, 15) is 5.11 Å². The molecule has 0 aliphatic carbocycles. The van der Waals surface area contributed by atoms with Crippen LogP contribution in [0.3, 0.4) is 0 Å². The lowest BCUT2D eigenvalue weighted by Crippen LogP contribution is -2.36. The molecule has 3 heteroatoms. The molecular weight excluding hydrogens is 152 g/mol. The van der Waals surface area contributed by atoms with Crippen molar-refractivity contribution in [2.24, 2.45) is 4.99 Å². The minimum atomic E-state index is -0.265. The number of aliphatic hydroxyl groups excluding tert-OH is 1. The fraction of sp³-hybridized carbons (Fsp3) is 0.667. The molecule has 0 spiro atoms. The van der Waals surface area contributed by atoms with Gasteiger partial charge in [-0.1, -0.05) is 6.58 Å². The summed E-state index contributed by atoms with van der Waals surface area (Å²) in [6.07, 6.45) is 0.500. The molecule has 1 unspecified atom stereocenters. The lowest BCUT2D eigenvalue weighted by Gasteiger charge is -2.32. The highest BCUT2D eigenvalue weighted by molar-refractivity contribution is 5.28. The molecule has 1 aliphatic heterocycles. The maximum atomic E-state index is 9.43. The monoisotopic (exact) mass is 168 g/mol. The maximum Gasteiger partial charge on any atom is 0.120 e. The zero-order chi connectivity index (χ0) is 9.35. The first kappa shape index (κ1) is 9.26. The minimum Gasteiger partial charge on any atom is -0.391 e. The van der Waals surface area contributed by atoms with Crippen molar-refractivity contribution in [1.82, 2.24) is 4.90 Å². The third-order valence-corrected chi connectivity index (χ3v) is 2.35. The molecular formula is C9H16N2O. The van der Waals surface area contributed by atoms with Crippen LogP contribution in [0.1, 0.15) is 20.3 Å². The molecule has 1 N–H and O–H groups in total. The van der Waals surface area contributed by atoms with E-state index in [0.29, 0.717) is 12.4 Å². The second-order valence-electron chi connectivity index (χ2n) is 3.86. The number of aliphatic imine (C=N–C) groups is 1. The second-order valence-corrected chi connectivity index (χ2v) is 3.86. The van der Waals surface area contributed by atoms with Crippen LogP contribution in [-0.4, -0.2) is 34.9 Å². The van der Waals surface area contributed by atoms with Gasteiger partial charge >= 0.3 is 0 Å². The van der Waals surface area contributed by atoms with Gasteiger partial charge in [0.15, 0.2) is 0 Å². The summed E-state index contributed by atoms with van der Waals surface area (Å²) >= 11 is 0. The van der Waals surface area contributed by atoms with E-state index >= 15 is 0 Å². The molecule has 0 radical (unpaired) electrons. The quantitative estimate of drug-likeness (QED) is 0.624. The SMILES string of the molecule is C=NC(=C)N1CC(O)CC1(C)C. The van der Waals surface area contributed by atoms with Gasteiger partial charge in [0.1, 0.15) is 5.82 Å². The highest BCUT2D eigenvalue weighted by atomic mass is 16.3. The number of nitrogens with zero attached hydrogens (tertiary/aromatic N) is 2. The van der Waals surface area contributed by atoms with Gasteiger partial charge in [-0.25, -0.2) is 4.99 Å². The molecule has 0 amide bonds. The highest BCUT2D eigenvalue weighted by Crippen LogP contribution is 2.31. The molecule has 1 aliphatic rings. The van der Waals surface area contributed by atoms with Gasteiger partial charge in [0, 0.05) is 12.1 Å². The van der Waals surface area contributed by atoms with Crippen molar-refractivity contribution in [2.75, 3.05) is 6.54 Å². The number of hydrogen-bond donors (Lipinski definition) is 1. The number of hydrogen-bond acceptors (Lipinski definition) is 3. The molecule has 1 atom stereocenters. The van der Waals surface area contributed by atoms with Crippen molar-refractivity contribution in [3.8, 4) is 0 Å². The summed E-state index contributed by atoms with van der Waals surface area (Å²) in [4.78, 5) is 5.76. The average Bonchev–Trinajstić information content (AvgIpc) is 2.23. The van der Waals surface area contributed by atoms with Gasteiger partial charge in [-0.05, 0) is 27.0 Å². The second kappa shape index (κ2) is 2.90. The zero-order valence-electron chi connectivity index (χ0n) is 7.75. The molecule has 1 fully saturated rings. The van der Waals surface area contributed by atoms with Crippen LogP contribution in [0.2, 0.25) is 0 Å². The molecule has 0 bridgehead atoms. The molecule has 68 valence electrons. The van der Waals surface area contributed by atoms with Gasteiger partial charge < -0.3 is 10.0 Å². The Kier molecular flexibility index (Phi) is 2.24. The third-order valence-electron chi connectivity index (χ3n) is 2.35. The summed E-state index contributed by atoms with van der Waals surface area (Å²) in [6, 6.07) is 0. The smallest absolute Gasteiger partial charge is 0.120 e. The fourth-order valence-electron chi connectivity index (χ4n) is 1.75. The Balaban J connectivity index is 2.77. The Morgan fingerprint density at radius 1 is 1.67 bits per heavy atom. The molecule has 3 nitrogen and oxygen atoms in total. The van der Waals surface area contributed by atoms with E-state index in [0.717, 1.165) is 6.42 Å². The van der Waals surface area contributed by atoms with Crippen LogP contribution < -0.4 is 0 Å². The Labute approximate surface area is 73.4 Å². The highest BCUT2D eigenvalue weighted by Gasteiger charge is 2.37. The molecule has 0 aromatic rings. The van der Waals surface area contributed by atoms with Crippen molar-refractivity contribution in [3.63, 3.8) is 0 Å². The molecule has 0 aromatic heterocycles. The van der Waals surface area contributed by atoms with Gasteiger partial charge in [0.25, 0.3) is 0 Å². The van der Waals surface area contributed by atoms with Crippen molar-refractivity contribution in [1.29, 1.82) is 0 Å². The van der Waals surface area contributed by atoms with Gasteiger partial charge in [-0.15, -0.1) is 0 Å². The van der Waals surface area contributed by atoms with Gasteiger partial charge in [-0.2, -0.15) is 0 Å². The Hall–Kier alpha value is -0.830. The van der Waals surface area contributed by atoms with Crippen molar-refractivity contribution in [3.05, 3.63) is 12.4 Å². The van der Waals surface area contributed by atoms with E-state index in [1.165, 1.54) is 0 Å². The molecule has 1 heterocycles. The Morgan fingerprint density at radius 2 is 2.25 bits per heavy atom. The van der Waals surface area contributed by atoms with E-state index in [2.05, 4.69) is 32.1 Å². The summed E-state index contributed by atoms with van der Waals surface area (Å²) < 4.78 is 0. The number of β-amino-alcohol motifs (C(OH)–C–C–N with tert-alkyl or cyclic N) is 1. The van der Waals surface area contributed by atoms with E-state index in [1.807, 2.05) is 4.90 Å². The van der Waals surface area contributed by atoms with Crippen LogP contribution in [0.5, 0.6) is 0 Å². The third kappa shape index (κ3) is 1.50. The van der Waals surface area contributed by atoms with Crippen LogP contribution in [0.25, 0.3) is 0 Å².